The fourth-order valence-corrected chi connectivity index (χ4v) is 2.20. The molecule has 0 bridgehead atoms. The molecule has 1 fully saturated rings. The summed E-state index contributed by atoms with van der Waals surface area (Å²) in [7, 11) is 0. The van der Waals surface area contributed by atoms with Gasteiger partial charge in [0.1, 0.15) is 12.0 Å². The summed E-state index contributed by atoms with van der Waals surface area (Å²) in [6.45, 7) is 3.29. The zero-order chi connectivity index (χ0) is 12.3. The number of carbonyl (C=O) groups is 1. The van der Waals surface area contributed by atoms with Gasteiger partial charge < -0.3 is 15.5 Å². The molecule has 1 amide bonds. The molecule has 0 spiro atoms. The van der Waals surface area contributed by atoms with Crippen molar-refractivity contribution in [3.05, 3.63) is 23.7 Å². The van der Waals surface area contributed by atoms with Gasteiger partial charge in [-0.05, 0) is 30.7 Å². The lowest BCUT2D eigenvalue weighted by molar-refractivity contribution is 0.0943. The Morgan fingerprint density at radius 2 is 2.35 bits per heavy atom. The molecule has 1 aliphatic rings. The fourth-order valence-electron chi connectivity index (χ4n) is 2.20. The van der Waals surface area contributed by atoms with Gasteiger partial charge in [0, 0.05) is 6.54 Å². The minimum absolute atomic E-state index is 0.0594. The summed E-state index contributed by atoms with van der Waals surface area (Å²) in [5.74, 6) is 0.584. The third-order valence-corrected chi connectivity index (χ3v) is 3.48. The van der Waals surface area contributed by atoms with Gasteiger partial charge in [-0.1, -0.05) is 13.3 Å². The average Bonchev–Trinajstić information content (AvgIpc) is 2.93. The molecule has 94 valence electrons. The monoisotopic (exact) mass is 236 g/mol. The molecular formula is C13H20N2O2. The molecule has 1 saturated carbocycles. The van der Waals surface area contributed by atoms with Crippen molar-refractivity contribution in [2.45, 2.75) is 39.2 Å². The van der Waals surface area contributed by atoms with E-state index >= 15 is 0 Å². The van der Waals surface area contributed by atoms with Crippen LogP contribution in [0.25, 0.3) is 0 Å². The summed E-state index contributed by atoms with van der Waals surface area (Å²) in [6.07, 6.45) is 6.32. The third kappa shape index (κ3) is 2.88. The molecule has 0 atom stereocenters. The number of hydrogen-bond donors (Lipinski definition) is 2. The lowest BCUT2D eigenvalue weighted by Gasteiger charge is -2.14. The van der Waals surface area contributed by atoms with Crippen LogP contribution in [0.15, 0.2) is 16.7 Å². The van der Waals surface area contributed by atoms with E-state index in [1.165, 1.54) is 31.9 Å². The van der Waals surface area contributed by atoms with Crippen LogP contribution in [-0.2, 0) is 6.54 Å². The molecule has 17 heavy (non-hydrogen) atoms. The van der Waals surface area contributed by atoms with Crippen molar-refractivity contribution in [1.29, 1.82) is 0 Å². The molecule has 1 aromatic heterocycles. The van der Waals surface area contributed by atoms with Crippen LogP contribution in [0.3, 0.4) is 0 Å². The minimum Gasteiger partial charge on any atom is -0.467 e. The second-order valence-electron chi connectivity index (χ2n) is 4.94. The van der Waals surface area contributed by atoms with E-state index in [2.05, 4.69) is 12.2 Å². The highest BCUT2D eigenvalue weighted by atomic mass is 16.3. The lowest BCUT2D eigenvalue weighted by Crippen LogP contribution is -2.29. The Hall–Kier alpha value is -1.29. The van der Waals surface area contributed by atoms with Crippen molar-refractivity contribution in [3.8, 4) is 0 Å². The predicted octanol–water partition coefficient (Wildman–Crippen LogP) is 2.05. The number of furan rings is 1. The molecule has 4 nitrogen and oxygen atoms in total. The van der Waals surface area contributed by atoms with Gasteiger partial charge in [-0.25, -0.2) is 0 Å². The number of rotatable bonds is 6. The van der Waals surface area contributed by atoms with Crippen LogP contribution in [0.1, 0.15) is 48.7 Å². The molecule has 0 aliphatic heterocycles. The van der Waals surface area contributed by atoms with Gasteiger partial charge in [-0.3, -0.25) is 4.79 Å². The van der Waals surface area contributed by atoms with Gasteiger partial charge in [-0.15, -0.1) is 0 Å². The van der Waals surface area contributed by atoms with Crippen LogP contribution in [0, 0.1) is 5.41 Å². The smallest absolute Gasteiger partial charge is 0.254 e. The van der Waals surface area contributed by atoms with Crippen LogP contribution in [0.4, 0.5) is 0 Å². The van der Waals surface area contributed by atoms with Gasteiger partial charge in [-0.2, -0.15) is 0 Å². The van der Waals surface area contributed by atoms with Crippen molar-refractivity contribution in [2.24, 2.45) is 11.1 Å². The van der Waals surface area contributed by atoms with Crippen LogP contribution in [0.5, 0.6) is 0 Å². The number of nitrogens with one attached hydrogen (secondary N) is 1. The highest BCUT2D eigenvalue weighted by Gasteiger charge is 2.41. The van der Waals surface area contributed by atoms with Gasteiger partial charge in [0.25, 0.3) is 5.91 Å². The molecular weight excluding hydrogens is 216 g/mol. The van der Waals surface area contributed by atoms with E-state index in [0.717, 1.165) is 6.54 Å². The number of carbonyl (C=O) groups excluding carboxylic acids is 1. The summed E-state index contributed by atoms with van der Waals surface area (Å²) < 4.78 is 5.14. The van der Waals surface area contributed by atoms with E-state index in [1.807, 2.05) is 0 Å². The summed E-state index contributed by atoms with van der Waals surface area (Å²) in [6, 6.07) is 1.70. The SMILES string of the molecule is CCCC1(CNC(=O)c2coc(CN)c2)CC1. The minimum atomic E-state index is -0.0594. The molecule has 1 aliphatic carbocycles. The highest BCUT2D eigenvalue weighted by Crippen LogP contribution is 2.48. The highest BCUT2D eigenvalue weighted by molar-refractivity contribution is 5.94. The predicted molar refractivity (Wildman–Crippen MR) is 65.5 cm³/mol. The second kappa shape index (κ2) is 4.92. The van der Waals surface area contributed by atoms with Crippen molar-refractivity contribution < 1.29 is 9.21 Å². The fraction of sp³-hybridized carbons (Fsp3) is 0.615. The summed E-state index contributed by atoms with van der Waals surface area (Å²) in [5, 5.41) is 2.98. The second-order valence-corrected chi connectivity index (χ2v) is 4.94. The third-order valence-electron chi connectivity index (χ3n) is 3.48. The van der Waals surface area contributed by atoms with Gasteiger partial charge in [0.15, 0.2) is 0 Å². The maximum atomic E-state index is 11.8. The van der Waals surface area contributed by atoms with Crippen molar-refractivity contribution in [3.63, 3.8) is 0 Å². The molecule has 4 heteroatoms. The quantitative estimate of drug-likeness (QED) is 0.794. The first-order chi connectivity index (χ1) is 8.19. The van der Waals surface area contributed by atoms with Crippen LogP contribution < -0.4 is 11.1 Å². The summed E-state index contributed by atoms with van der Waals surface area (Å²) in [5.41, 5.74) is 6.38. The zero-order valence-electron chi connectivity index (χ0n) is 10.3. The standard InChI is InChI=1S/C13H20N2O2/c1-2-3-13(4-5-13)9-15-12(16)10-6-11(7-14)17-8-10/h6,8H,2-5,7,9,14H2,1H3,(H,15,16). The van der Waals surface area contributed by atoms with E-state index < -0.39 is 0 Å². The first kappa shape index (κ1) is 12.2. The molecule has 1 aromatic rings. The van der Waals surface area contributed by atoms with Crippen molar-refractivity contribution in [1.82, 2.24) is 5.32 Å². The van der Waals surface area contributed by atoms with E-state index in [0.29, 0.717) is 23.3 Å². The average molecular weight is 236 g/mol. The summed E-state index contributed by atoms with van der Waals surface area (Å²) in [4.78, 5) is 11.8. The largest absolute Gasteiger partial charge is 0.467 e. The van der Waals surface area contributed by atoms with E-state index in [4.69, 9.17) is 10.2 Å². The number of nitrogens with two attached hydrogens (primary N) is 1. The van der Waals surface area contributed by atoms with E-state index in [9.17, 15) is 4.79 Å². The molecule has 2 rings (SSSR count). The molecule has 1 heterocycles. The molecule has 0 saturated heterocycles. The lowest BCUT2D eigenvalue weighted by atomic mass is 10.0. The van der Waals surface area contributed by atoms with Gasteiger partial charge >= 0.3 is 0 Å². The number of amides is 1. The molecule has 0 unspecified atom stereocenters. The van der Waals surface area contributed by atoms with Crippen molar-refractivity contribution >= 4 is 5.91 Å². The Bertz CT molecular complexity index is 394. The Kier molecular flexibility index (Phi) is 3.52. The molecule has 0 radical (unpaired) electrons. The molecule has 3 N–H and O–H groups in total. The Balaban J connectivity index is 1.85. The maximum absolute atomic E-state index is 11.8. The normalized spacial score (nSPS) is 16.8. The zero-order valence-corrected chi connectivity index (χ0v) is 10.3. The first-order valence-corrected chi connectivity index (χ1v) is 6.25. The summed E-state index contributed by atoms with van der Waals surface area (Å²) >= 11 is 0. The maximum Gasteiger partial charge on any atom is 0.254 e. The van der Waals surface area contributed by atoms with Crippen LogP contribution in [-0.4, -0.2) is 12.5 Å². The topological polar surface area (TPSA) is 68.3 Å². The Morgan fingerprint density at radius 1 is 1.59 bits per heavy atom. The Labute approximate surface area is 102 Å². The van der Waals surface area contributed by atoms with E-state index in [-0.39, 0.29) is 5.91 Å². The van der Waals surface area contributed by atoms with Gasteiger partial charge in [0.05, 0.1) is 12.1 Å². The van der Waals surface area contributed by atoms with Crippen molar-refractivity contribution in [2.75, 3.05) is 6.54 Å². The Morgan fingerprint density at radius 3 is 2.88 bits per heavy atom. The van der Waals surface area contributed by atoms with Crippen LogP contribution in [0.2, 0.25) is 0 Å². The number of hydrogen-bond acceptors (Lipinski definition) is 3. The first-order valence-electron chi connectivity index (χ1n) is 6.25. The van der Waals surface area contributed by atoms with Crippen LogP contribution >= 0.6 is 0 Å². The van der Waals surface area contributed by atoms with E-state index in [1.54, 1.807) is 6.07 Å². The molecule has 0 aromatic carbocycles. The van der Waals surface area contributed by atoms with Gasteiger partial charge in [0.2, 0.25) is 0 Å².